The minimum atomic E-state index is -4.48. The van der Waals surface area contributed by atoms with Crippen LogP contribution in [-0.2, 0) is 30.5 Å². The quantitative estimate of drug-likeness (QED) is 0.280. The number of carbonyl (C=O) groups excluding carboxylic acids is 1. The SMILES string of the molecule is NC(=O)C1CCN(C[C@H](O)Cn2nc(-c3ccc(C(F)(F)F)c(SCCN4CCC(F)CC4)c3)c3c2CCNC3)CC1. The average Bonchev–Trinajstić information content (AvgIpc) is 3.32. The fourth-order valence-electron chi connectivity index (χ4n) is 6.19. The number of nitrogens with two attached hydrogens (primary N) is 1. The molecule has 0 aliphatic carbocycles. The Balaban J connectivity index is 1.31. The van der Waals surface area contributed by atoms with Crippen LogP contribution in [0.5, 0.6) is 0 Å². The summed E-state index contributed by atoms with van der Waals surface area (Å²) >= 11 is 1.17. The standard InChI is InChI=1S/C29H40F4N6O2S/c30-21-6-11-37(12-7-21)13-14-42-26-15-20(1-2-24(26)29(31,32)33)27-23-16-35-8-3-25(23)39(36-27)18-22(40)17-38-9-4-19(5-10-38)28(34)41/h1-2,15,19,21-22,35,40H,3-14,16-18H2,(H2,34,41)/t22-/m0/s1. The van der Waals surface area contributed by atoms with Crippen molar-refractivity contribution < 1.29 is 27.5 Å². The molecule has 4 heterocycles. The summed E-state index contributed by atoms with van der Waals surface area (Å²) in [6, 6.07) is 4.21. The molecule has 8 nitrogen and oxygen atoms in total. The Morgan fingerprint density at radius 2 is 1.83 bits per heavy atom. The molecular weight excluding hydrogens is 572 g/mol. The van der Waals surface area contributed by atoms with Gasteiger partial charge in [-0.1, -0.05) is 6.07 Å². The number of hydrogen-bond donors (Lipinski definition) is 3. The maximum Gasteiger partial charge on any atom is 0.417 e. The van der Waals surface area contributed by atoms with Gasteiger partial charge in [0.15, 0.2) is 0 Å². The van der Waals surface area contributed by atoms with E-state index < -0.39 is 24.0 Å². The second-order valence-corrected chi connectivity index (χ2v) is 12.7. The first-order valence-electron chi connectivity index (χ1n) is 14.8. The largest absolute Gasteiger partial charge is 0.417 e. The highest BCUT2D eigenvalue weighted by Crippen LogP contribution is 2.40. The van der Waals surface area contributed by atoms with Crippen LogP contribution in [0.2, 0.25) is 0 Å². The zero-order chi connectivity index (χ0) is 29.9. The second-order valence-electron chi connectivity index (χ2n) is 11.6. The Labute approximate surface area is 248 Å². The topological polar surface area (TPSA) is 99.7 Å². The number of benzene rings is 1. The number of rotatable bonds is 10. The molecule has 42 heavy (non-hydrogen) atoms. The molecule has 4 N–H and O–H groups in total. The third kappa shape index (κ3) is 7.65. The summed E-state index contributed by atoms with van der Waals surface area (Å²) in [4.78, 5) is 15.9. The van der Waals surface area contributed by atoms with Crippen molar-refractivity contribution in [2.75, 3.05) is 51.6 Å². The van der Waals surface area contributed by atoms with Crippen LogP contribution >= 0.6 is 11.8 Å². The van der Waals surface area contributed by atoms with E-state index in [0.717, 1.165) is 23.9 Å². The molecular formula is C29H40F4N6O2S. The maximum absolute atomic E-state index is 13.9. The highest BCUT2D eigenvalue weighted by Gasteiger charge is 2.34. The molecule has 3 aliphatic heterocycles. The van der Waals surface area contributed by atoms with Crippen molar-refractivity contribution in [3.8, 4) is 11.3 Å². The van der Waals surface area contributed by atoms with Gasteiger partial charge in [0.2, 0.25) is 5.91 Å². The zero-order valence-electron chi connectivity index (χ0n) is 23.7. The van der Waals surface area contributed by atoms with Crippen LogP contribution in [0.1, 0.15) is 42.5 Å². The Kier molecular flexibility index (Phi) is 10.1. The molecule has 2 aromatic rings. The number of thioether (sulfide) groups is 1. The number of aliphatic hydroxyl groups excluding tert-OH is 1. The van der Waals surface area contributed by atoms with E-state index in [0.29, 0.717) is 94.9 Å². The predicted molar refractivity (Wildman–Crippen MR) is 154 cm³/mol. The number of alkyl halides is 4. The molecule has 0 unspecified atom stereocenters. The van der Waals surface area contributed by atoms with Crippen molar-refractivity contribution in [1.29, 1.82) is 0 Å². The molecule has 2 fully saturated rings. The lowest BCUT2D eigenvalue weighted by atomic mass is 9.96. The van der Waals surface area contributed by atoms with Gasteiger partial charge >= 0.3 is 6.18 Å². The van der Waals surface area contributed by atoms with Crippen molar-refractivity contribution >= 4 is 17.7 Å². The van der Waals surface area contributed by atoms with Gasteiger partial charge in [-0.25, -0.2) is 4.39 Å². The fourth-order valence-corrected chi connectivity index (χ4v) is 7.31. The number of nitrogens with zero attached hydrogens (tertiary/aromatic N) is 4. The van der Waals surface area contributed by atoms with E-state index in [1.165, 1.54) is 17.8 Å². The van der Waals surface area contributed by atoms with E-state index in [9.17, 15) is 27.5 Å². The Morgan fingerprint density at radius 1 is 1.12 bits per heavy atom. The highest BCUT2D eigenvalue weighted by molar-refractivity contribution is 7.99. The number of β-amino-alcohol motifs (C(OH)–C–C–N with tert-alkyl or cyclic N) is 1. The number of primary amides is 1. The summed E-state index contributed by atoms with van der Waals surface area (Å²) in [5.74, 6) is 0.0790. The van der Waals surface area contributed by atoms with Crippen molar-refractivity contribution in [3.63, 3.8) is 0 Å². The Morgan fingerprint density at radius 3 is 2.52 bits per heavy atom. The number of carbonyl (C=O) groups is 1. The van der Waals surface area contributed by atoms with E-state index in [1.807, 2.05) is 4.68 Å². The second kappa shape index (κ2) is 13.6. The summed E-state index contributed by atoms with van der Waals surface area (Å²) in [5.41, 5.74) is 7.95. The molecule has 3 aliphatic rings. The highest BCUT2D eigenvalue weighted by atomic mass is 32.2. The number of amides is 1. The number of nitrogens with one attached hydrogen (secondary N) is 1. The molecule has 232 valence electrons. The number of piperidine rings is 2. The molecule has 5 rings (SSSR count). The molecule has 2 saturated heterocycles. The maximum atomic E-state index is 13.9. The van der Waals surface area contributed by atoms with Crippen molar-refractivity contribution in [3.05, 3.63) is 35.0 Å². The van der Waals surface area contributed by atoms with Crippen LogP contribution in [-0.4, -0.2) is 94.4 Å². The van der Waals surface area contributed by atoms with Gasteiger partial charge < -0.3 is 26.0 Å². The Bertz CT molecular complexity index is 1230. The molecule has 0 radical (unpaired) electrons. The lowest BCUT2D eigenvalue weighted by molar-refractivity contribution is -0.139. The summed E-state index contributed by atoms with van der Waals surface area (Å²) in [6.45, 7) is 5.26. The number of likely N-dealkylation sites (tertiary alicyclic amines) is 2. The van der Waals surface area contributed by atoms with Crippen molar-refractivity contribution in [2.45, 2.75) is 68.5 Å². The van der Waals surface area contributed by atoms with Gasteiger partial charge in [-0.2, -0.15) is 18.3 Å². The molecule has 1 amide bonds. The summed E-state index contributed by atoms with van der Waals surface area (Å²) in [5, 5.41) is 19.1. The van der Waals surface area contributed by atoms with Crippen LogP contribution in [0, 0.1) is 5.92 Å². The first-order valence-corrected chi connectivity index (χ1v) is 15.8. The van der Waals surface area contributed by atoms with E-state index >= 15 is 0 Å². The predicted octanol–water partition coefficient (Wildman–Crippen LogP) is 3.30. The van der Waals surface area contributed by atoms with Gasteiger partial charge in [0, 0.05) is 79.1 Å². The van der Waals surface area contributed by atoms with Crippen molar-refractivity contribution in [2.24, 2.45) is 11.7 Å². The summed E-state index contributed by atoms with van der Waals surface area (Å²) in [6.07, 6.45) is -2.96. The smallest absolute Gasteiger partial charge is 0.390 e. The Hall–Kier alpha value is -2.19. The molecule has 1 atom stereocenters. The van der Waals surface area contributed by atoms with E-state index in [4.69, 9.17) is 10.8 Å². The lowest BCUT2D eigenvalue weighted by Crippen LogP contribution is -2.42. The fraction of sp³-hybridized carbons (Fsp3) is 0.655. The van der Waals surface area contributed by atoms with Crippen LogP contribution in [0.15, 0.2) is 23.1 Å². The third-order valence-electron chi connectivity index (χ3n) is 8.59. The number of aliphatic hydroxyl groups is 1. The third-order valence-corrected chi connectivity index (χ3v) is 9.63. The van der Waals surface area contributed by atoms with Gasteiger partial charge in [-0.05, 0) is 50.9 Å². The van der Waals surface area contributed by atoms with E-state index in [1.54, 1.807) is 6.07 Å². The van der Waals surface area contributed by atoms with Gasteiger partial charge in [0.05, 0.1) is 23.9 Å². The van der Waals surface area contributed by atoms with Gasteiger partial charge in [-0.15, -0.1) is 11.8 Å². The van der Waals surface area contributed by atoms with Gasteiger partial charge in [0.25, 0.3) is 0 Å². The normalized spacial score (nSPS) is 20.5. The minimum absolute atomic E-state index is 0.118. The minimum Gasteiger partial charge on any atom is -0.390 e. The molecule has 1 aromatic heterocycles. The van der Waals surface area contributed by atoms with Gasteiger partial charge in [-0.3, -0.25) is 9.48 Å². The van der Waals surface area contributed by atoms with Crippen LogP contribution in [0.25, 0.3) is 11.3 Å². The van der Waals surface area contributed by atoms with E-state index in [-0.39, 0.29) is 23.3 Å². The zero-order valence-corrected chi connectivity index (χ0v) is 24.5. The van der Waals surface area contributed by atoms with Crippen LogP contribution < -0.4 is 11.1 Å². The first kappa shape index (κ1) is 31.2. The summed E-state index contributed by atoms with van der Waals surface area (Å²) < 4.78 is 57.1. The molecule has 13 heteroatoms. The van der Waals surface area contributed by atoms with Crippen LogP contribution in [0.3, 0.4) is 0 Å². The number of fused-ring (bicyclic) bond motifs is 1. The van der Waals surface area contributed by atoms with Crippen molar-refractivity contribution in [1.82, 2.24) is 24.9 Å². The van der Waals surface area contributed by atoms with Crippen LogP contribution in [0.4, 0.5) is 17.6 Å². The first-order chi connectivity index (χ1) is 20.1. The molecule has 0 spiro atoms. The summed E-state index contributed by atoms with van der Waals surface area (Å²) in [7, 11) is 0. The molecule has 0 bridgehead atoms. The number of halogens is 4. The van der Waals surface area contributed by atoms with Gasteiger partial charge in [0.1, 0.15) is 6.17 Å². The number of aromatic nitrogens is 2. The number of hydrogen-bond acceptors (Lipinski definition) is 7. The monoisotopic (exact) mass is 612 g/mol. The lowest BCUT2D eigenvalue weighted by Gasteiger charge is -2.32. The average molecular weight is 613 g/mol. The molecule has 0 saturated carbocycles. The molecule has 1 aromatic carbocycles. The van der Waals surface area contributed by atoms with E-state index in [2.05, 4.69) is 15.1 Å².